The van der Waals surface area contributed by atoms with Crippen LogP contribution >= 0.6 is 0 Å². The maximum Gasteiger partial charge on any atom is 0.314 e. The van der Waals surface area contributed by atoms with Crippen LogP contribution in [0.1, 0.15) is 37.7 Å². The zero-order valence-corrected chi connectivity index (χ0v) is 11.1. The predicted octanol–water partition coefficient (Wildman–Crippen LogP) is 2.74. The number of nitrogens with zero attached hydrogens (tertiary/aromatic N) is 1. The molecule has 0 aromatic carbocycles. The molecule has 0 N–H and O–H groups in total. The Labute approximate surface area is 110 Å². The van der Waals surface area contributed by atoms with E-state index in [1.807, 2.05) is 0 Å². The van der Waals surface area contributed by atoms with Crippen LogP contribution in [0.4, 0.5) is 0 Å². The average molecular weight is 261 g/mol. The van der Waals surface area contributed by atoms with Crippen LogP contribution in [0.25, 0.3) is 11.0 Å². The number of rotatable bonds is 3. The van der Waals surface area contributed by atoms with Crippen LogP contribution in [0.5, 0.6) is 0 Å². The van der Waals surface area contributed by atoms with E-state index in [0.29, 0.717) is 5.58 Å². The number of carbonyl (C=O) groups is 2. The molecule has 5 heteroatoms. The normalized spacial score (nSPS) is 11.5. The van der Waals surface area contributed by atoms with Gasteiger partial charge in [0, 0.05) is 5.39 Å². The molecule has 5 nitrogen and oxygen atoms in total. The van der Waals surface area contributed by atoms with E-state index >= 15 is 0 Å². The summed E-state index contributed by atoms with van der Waals surface area (Å²) in [4.78, 5) is 27.5. The largest absolute Gasteiger partial charge is 0.463 e. The molecule has 2 heterocycles. The molecule has 0 aliphatic carbocycles. The number of pyridine rings is 1. The second-order valence-corrected chi connectivity index (χ2v) is 5.21. The van der Waals surface area contributed by atoms with Crippen molar-refractivity contribution in [3.63, 3.8) is 0 Å². The molecule has 2 aromatic rings. The van der Waals surface area contributed by atoms with Crippen LogP contribution in [0.15, 0.2) is 29.0 Å². The number of hydrogen-bond acceptors (Lipinski definition) is 5. The number of carbonyl (C=O) groups excluding carboxylic acids is 2. The first-order valence-corrected chi connectivity index (χ1v) is 5.93. The van der Waals surface area contributed by atoms with Crippen LogP contribution in [-0.4, -0.2) is 22.3 Å². The van der Waals surface area contributed by atoms with Crippen LogP contribution < -0.4 is 0 Å². The van der Waals surface area contributed by atoms with Gasteiger partial charge in [-0.15, -0.1) is 0 Å². The fraction of sp³-hybridized carbons (Fsp3) is 0.357. The summed E-state index contributed by atoms with van der Waals surface area (Å²) in [6.45, 7) is 5.27. The zero-order chi connectivity index (χ0) is 14.0. The monoisotopic (exact) mass is 261 g/mol. The van der Waals surface area contributed by atoms with Crippen LogP contribution in [0, 0.1) is 0 Å². The van der Waals surface area contributed by atoms with Gasteiger partial charge in [0.25, 0.3) is 0 Å². The summed E-state index contributed by atoms with van der Waals surface area (Å²) < 4.78 is 10.2. The standard InChI is InChI=1S/C14H15NO4/c1-14(2,3)19-13(17)7-11(16)10-6-9-4-5-18-12(9)8-15-10/h4-6,8H,7H2,1-3H3. The number of ketones is 1. The molecule has 0 amide bonds. The second-order valence-electron chi connectivity index (χ2n) is 5.21. The van der Waals surface area contributed by atoms with Gasteiger partial charge in [-0.25, -0.2) is 4.98 Å². The third-order valence-electron chi connectivity index (χ3n) is 2.35. The number of ether oxygens (including phenoxy) is 1. The Bertz CT molecular complexity index is 622. The van der Waals surface area contributed by atoms with Crippen molar-refractivity contribution in [3.8, 4) is 0 Å². The first-order chi connectivity index (χ1) is 8.85. The number of aromatic nitrogens is 1. The van der Waals surface area contributed by atoms with Crippen molar-refractivity contribution in [2.24, 2.45) is 0 Å². The fourth-order valence-corrected chi connectivity index (χ4v) is 1.62. The molecular weight excluding hydrogens is 246 g/mol. The van der Waals surface area contributed by atoms with Gasteiger partial charge in [-0.2, -0.15) is 0 Å². The van der Waals surface area contributed by atoms with Crippen molar-refractivity contribution >= 4 is 22.7 Å². The third kappa shape index (κ3) is 3.40. The lowest BCUT2D eigenvalue weighted by Gasteiger charge is -2.19. The van der Waals surface area contributed by atoms with E-state index in [0.717, 1.165) is 5.39 Å². The van der Waals surface area contributed by atoms with E-state index < -0.39 is 11.6 Å². The Balaban J connectivity index is 2.09. The highest BCUT2D eigenvalue weighted by molar-refractivity contribution is 6.06. The molecule has 0 aliphatic heterocycles. The molecule has 0 saturated heterocycles. The molecular formula is C14H15NO4. The lowest BCUT2D eigenvalue weighted by molar-refractivity contribution is -0.153. The summed E-state index contributed by atoms with van der Waals surface area (Å²) in [5.74, 6) is -0.913. The van der Waals surface area contributed by atoms with Crippen molar-refractivity contribution < 1.29 is 18.7 Å². The van der Waals surface area contributed by atoms with E-state index in [1.54, 1.807) is 32.9 Å². The van der Waals surface area contributed by atoms with Gasteiger partial charge >= 0.3 is 5.97 Å². The maximum atomic E-state index is 11.9. The molecule has 2 rings (SSSR count). The highest BCUT2D eigenvalue weighted by atomic mass is 16.6. The average Bonchev–Trinajstić information content (AvgIpc) is 2.72. The summed E-state index contributed by atoms with van der Waals surface area (Å²) in [7, 11) is 0. The quantitative estimate of drug-likeness (QED) is 0.482. The summed E-state index contributed by atoms with van der Waals surface area (Å²) in [6, 6.07) is 3.34. The van der Waals surface area contributed by atoms with E-state index in [1.165, 1.54) is 12.5 Å². The van der Waals surface area contributed by atoms with E-state index in [9.17, 15) is 9.59 Å². The summed E-state index contributed by atoms with van der Waals surface area (Å²) in [5, 5.41) is 0.780. The molecule has 2 aromatic heterocycles. The first-order valence-electron chi connectivity index (χ1n) is 5.93. The number of hydrogen-bond donors (Lipinski definition) is 0. The highest BCUT2D eigenvalue weighted by Crippen LogP contribution is 2.16. The van der Waals surface area contributed by atoms with Gasteiger partial charge in [-0.3, -0.25) is 9.59 Å². The molecule has 0 saturated carbocycles. The molecule has 0 spiro atoms. The number of esters is 1. The van der Waals surface area contributed by atoms with Crippen LogP contribution in [-0.2, 0) is 9.53 Å². The van der Waals surface area contributed by atoms with Gasteiger partial charge in [-0.05, 0) is 32.9 Å². The highest BCUT2D eigenvalue weighted by Gasteiger charge is 2.20. The first kappa shape index (κ1) is 13.3. The van der Waals surface area contributed by atoms with Crippen molar-refractivity contribution in [1.82, 2.24) is 4.98 Å². The molecule has 0 radical (unpaired) electrons. The number of Topliss-reactive ketones (excluding diaryl/α,β-unsaturated/α-hetero) is 1. The second kappa shape index (κ2) is 4.84. The summed E-state index contributed by atoms with van der Waals surface area (Å²) in [5.41, 5.74) is 0.243. The van der Waals surface area contributed by atoms with Crippen molar-refractivity contribution in [2.45, 2.75) is 32.8 Å². The third-order valence-corrected chi connectivity index (χ3v) is 2.35. The molecule has 100 valence electrons. The van der Waals surface area contributed by atoms with E-state index in [2.05, 4.69) is 4.98 Å². The zero-order valence-electron chi connectivity index (χ0n) is 11.1. The Hall–Kier alpha value is -2.17. The predicted molar refractivity (Wildman–Crippen MR) is 68.8 cm³/mol. The Kier molecular flexibility index (Phi) is 3.38. The Morgan fingerprint density at radius 3 is 2.79 bits per heavy atom. The van der Waals surface area contributed by atoms with E-state index in [4.69, 9.17) is 9.15 Å². The minimum Gasteiger partial charge on any atom is -0.463 e. The van der Waals surface area contributed by atoms with Crippen molar-refractivity contribution in [3.05, 3.63) is 30.3 Å². The maximum absolute atomic E-state index is 11.9. The number of furan rings is 1. The van der Waals surface area contributed by atoms with Gasteiger partial charge in [0.2, 0.25) is 0 Å². The topological polar surface area (TPSA) is 69.4 Å². The summed E-state index contributed by atoms with van der Waals surface area (Å²) in [6.07, 6.45) is 2.68. The lowest BCUT2D eigenvalue weighted by Crippen LogP contribution is -2.25. The van der Waals surface area contributed by atoms with Gasteiger partial charge < -0.3 is 9.15 Å². The van der Waals surface area contributed by atoms with E-state index in [-0.39, 0.29) is 17.9 Å². The van der Waals surface area contributed by atoms with Gasteiger partial charge in [0.1, 0.15) is 17.7 Å². The van der Waals surface area contributed by atoms with Crippen molar-refractivity contribution in [1.29, 1.82) is 0 Å². The molecule has 0 fully saturated rings. The lowest BCUT2D eigenvalue weighted by atomic mass is 10.1. The molecule has 0 unspecified atom stereocenters. The Morgan fingerprint density at radius 2 is 2.11 bits per heavy atom. The molecule has 19 heavy (non-hydrogen) atoms. The van der Waals surface area contributed by atoms with Gasteiger partial charge in [0.05, 0.1) is 12.5 Å². The van der Waals surface area contributed by atoms with Gasteiger partial charge in [0.15, 0.2) is 11.4 Å². The van der Waals surface area contributed by atoms with Crippen molar-refractivity contribution in [2.75, 3.05) is 0 Å². The minimum absolute atomic E-state index is 0.236. The number of fused-ring (bicyclic) bond motifs is 1. The molecule has 0 bridgehead atoms. The summed E-state index contributed by atoms with van der Waals surface area (Å²) >= 11 is 0. The van der Waals surface area contributed by atoms with Gasteiger partial charge in [-0.1, -0.05) is 0 Å². The van der Waals surface area contributed by atoms with Crippen LogP contribution in [0.3, 0.4) is 0 Å². The smallest absolute Gasteiger partial charge is 0.314 e. The fourth-order valence-electron chi connectivity index (χ4n) is 1.62. The minimum atomic E-state index is -0.598. The SMILES string of the molecule is CC(C)(C)OC(=O)CC(=O)c1cc2ccoc2cn1. The Morgan fingerprint density at radius 1 is 1.37 bits per heavy atom. The molecule has 0 atom stereocenters. The van der Waals surface area contributed by atoms with Crippen LogP contribution in [0.2, 0.25) is 0 Å². The molecule has 0 aliphatic rings.